The Balaban J connectivity index is 1.75. The predicted molar refractivity (Wildman–Crippen MR) is 123 cm³/mol. The van der Waals surface area contributed by atoms with Crippen molar-refractivity contribution in [1.29, 1.82) is 0 Å². The van der Waals surface area contributed by atoms with Gasteiger partial charge in [0.05, 0.1) is 12.7 Å². The predicted octanol–water partition coefficient (Wildman–Crippen LogP) is 3.06. The molecule has 0 aromatic heterocycles. The van der Waals surface area contributed by atoms with Crippen molar-refractivity contribution in [1.82, 2.24) is 0 Å². The Bertz CT molecular complexity index is 850. The van der Waals surface area contributed by atoms with Gasteiger partial charge in [-0.2, -0.15) is 0 Å². The second-order valence-electron chi connectivity index (χ2n) is 8.69. The van der Waals surface area contributed by atoms with Crippen molar-refractivity contribution < 1.29 is 29.9 Å². The van der Waals surface area contributed by atoms with E-state index >= 15 is 0 Å². The average molecular weight is 445 g/mol. The highest BCUT2D eigenvalue weighted by atomic mass is 16.5. The molecule has 6 heteroatoms. The molecule has 2 aromatic rings. The van der Waals surface area contributed by atoms with Crippen LogP contribution in [0.5, 0.6) is 5.75 Å². The second-order valence-corrected chi connectivity index (χ2v) is 8.69. The largest absolute Gasteiger partial charge is 0.490 e. The van der Waals surface area contributed by atoms with Crippen molar-refractivity contribution >= 4 is 0 Å². The monoisotopic (exact) mass is 444 g/mol. The van der Waals surface area contributed by atoms with Crippen molar-refractivity contribution in [2.24, 2.45) is 0 Å². The molecule has 4 N–H and O–H groups in total. The molecule has 32 heavy (non-hydrogen) atoms. The zero-order chi connectivity index (χ0) is 23.3. The van der Waals surface area contributed by atoms with Crippen LogP contribution < -0.4 is 4.74 Å². The maximum Gasteiger partial charge on any atom is 0.119 e. The number of hydrogen-bond acceptors (Lipinski definition) is 6. The van der Waals surface area contributed by atoms with E-state index in [1.807, 2.05) is 37.3 Å². The lowest BCUT2D eigenvalue weighted by Crippen LogP contribution is -2.55. The summed E-state index contributed by atoms with van der Waals surface area (Å²) in [6.45, 7) is 5.89. The summed E-state index contributed by atoms with van der Waals surface area (Å²) in [5.41, 5.74) is 4.01. The Hall–Kier alpha value is -1.96. The van der Waals surface area contributed by atoms with Gasteiger partial charge in [0.1, 0.15) is 36.3 Å². The zero-order valence-electron chi connectivity index (χ0n) is 19.1. The maximum absolute atomic E-state index is 10.5. The minimum atomic E-state index is -1.39. The topological polar surface area (TPSA) is 99.4 Å². The standard InChI is InChI=1S/C26H36O6/c1-4-6-20(5-2)31-21-11-8-17(9-12-21)13-19-14-18(10-7-16(19)3)26-25(30)24(29)23(28)22(15-27)32-26/h7-12,14,20,22-30H,4-6,13,15H2,1-3H3/t20?,22-,23-,24+,25-,26+/m1/s1. The molecule has 0 bridgehead atoms. The smallest absolute Gasteiger partial charge is 0.119 e. The van der Waals surface area contributed by atoms with E-state index in [1.165, 1.54) is 0 Å². The van der Waals surface area contributed by atoms with Crippen LogP contribution in [0.1, 0.15) is 61.5 Å². The first-order chi connectivity index (χ1) is 15.4. The van der Waals surface area contributed by atoms with Gasteiger partial charge in [-0.1, -0.05) is 50.6 Å². The Morgan fingerprint density at radius 2 is 1.69 bits per heavy atom. The van der Waals surface area contributed by atoms with E-state index in [1.54, 1.807) is 0 Å². The summed E-state index contributed by atoms with van der Waals surface area (Å²) >= 11 is 0. The Labute approximate surface area is 190 Å². The number of aryl methyl sites for hydroxylation is 1. The molecular formula is C26H36O6. The van der Waals surface area contributed by atoms with Crippen LogP contribution in [0, 0.1) is 6.92 Å². The van der Waals surface area contributed by atoms with E-state index < -0.39 is 37.1 Å². The van der Waals surface area contributed by atoms with Gasteiger partial charge in [-0.25, -0.2) is 0 Å². The third kappa shape index (κ3) is 5.69. The Morgan fingerprint density at radius 3 is 2.31 bits per heavy atom. The zero-order valence-corrected chi connectivity index (χ0v) is 19.1. The number of rotatable bonds is 9. The van der Waals surface area contributed by atoms with E-state index in [4.69, 9.17) is 9.47 Å². The number of benzene rings is 2. The van der Waals surface area contributed by atoms with Crippen molar-refractivity contribution in [2.45, 2.75) is 83.1 Å². The molecule has 1 unspecified atom stereocenters. The van der Waals surface area contributed by atoms with Crippen molar-refractivity contribution in [2.75, 3.05) is 6.61 Å². The van der Waals surface area contributed by atoms with Crippen LogP contribution in [0.2, 0.25) is 0 Å². The summed E-state index contributed by atoms with van der Waals surface area (Å²) in [5, 5.41) is 40.1. The van der Waals surface area contributed by atoms with Gasteiger partial charge in [0.15, 0.2) is 0 Å². The fourth-order valence-corrected chi connectivity index (χ4v) is 4.20. The summed E-state index contributed by atoms with van der Waals surface area (Å²) in [5.74, 6) is 0.876. The molecule has 0 amide bonds. The van der Waals surface area contributed by atoms with Crippen LogP contribution in [0.15, 0.2) is 42.5 Å². The molecule has 1 fully saturated rings. The molecule has 0 spiro atoms. The molecule has 0 radical (unpaired) electrons. The minimum Gasteiger partial charge on any atom is -0.490 e. The summed E-state index contributed by atoms with van der Waals surface area (Å²) in [4.78, 5) is 0. The van der Waals surface area contributed by atoms with Gasteiger partial charge in [0, 0.05) is 0 Å². The third-order valence-electron chi connectivity index (χ3n) is 6.28. The fourth-order valence-electron chi connectivity index (χ4n) is 4.20. The maximum atomic E-state index is 10.5. The summed E-state index contributed by atoms with van der Waals surface area (Å²) < 4.78 is 11.8. The lowest BCUT2D eigenvalue weighted by Gasteiger charge is -2.40. The van der Waals surface area contributed by atoms with Gasteiger partial charge in [-0.3, -0.25) is 0 Å². The first-order valence-corrected chi connectivity index (χ1v) is 11.5. The van der Waals surface area contributed by atoms with E-state index in [2.05, 4.69) is 26.0 Å². The third-order valence-corrected chi connectivity index (χ3v) is 6.28. The van der Waals surface area contributed by atoms with Gasteiger partial charge in [-0.15, -0.1) is 0 Å². The van der Waals surface area contributed by atoms with E-state index in [9.17, 15) is 20.4 Å². The van der Waals surface area contributed by atoms with Gasteiger partial charge in [-0.05, 0) is 60.6 Å². The summed E-state index contributed by atoms with van der Waals surface area (Å²) in [7, 11) is 0. The molecular weight excluding hydrogens is 408 g/mol. The lowest BCUT2D eigenvalue weighted by atomic mass is 9.89. The van der Waals surface area contributed by atoms with Crippen LogP contribution >= 0.6 is 0 Å². The van der Waals surface area contributed by atoms with Crippen LogP contribution in [0.4, 0.5) is 0 Å². The van der Waals surface area contributed by atoms with Crippen molar-refractivity contribution in [3.05, 3.63) is 64.7 Å². The SMILES string of the molecule is CCCC(CC)Oc1ccc(Cc2cc([C@@H]3O[C@H](CO)[C@@H](O)[C@H](O)[C@H]3O)ccc2C)cc1. The van der Waals surface area contributed by atoms with Crippen LogP contribution in [-0.4, -0.2) is 57.6 Å². The highest BCUT2D eigenvalue weighted by Gasteiger charge is 2.43. The molecule has 0 saturated carbocycles. The van der Waals surface area contributed by atoms with Crippen molar-refractivity contribution in [3.63, 3.8) is 0 Å². The highest BCUT2D eigenvalue weighted by molar-refractivity contribution is 5.38. The first-order valence-electron chi connectivity index (χ1n) is 11.5. The number of aliphatic hydroxyl groups excluding tert-OH is 4. The second kappa shape index (κ2) is 11.3. The normalized spacial score (nSPS) is 26.7. The van der Waals surface area contributed by atoms with Crippen LogP contribution in [-0.2, 0) is 11.2 Å². The van der Waals surface area contributed by atoms with Gasteiger partial charge < -0.3 is 29.9 Å². The first kappa shape index (κ1) is 24.7. The fraction of sp³-hybridized carbons (Fsp3) is 0.538. The quantitative estimate of drug-likeness (QED) is 0.474. The number of aliphatic hydroxyl groups is 4. The molecule has 3 rings (SSSR count). The summed E-state index contributed by atoms with van der Waals surface area (Å²) in [6, 6.07) is 13.9. The molecule has 1 saturated heterocycles. The molecule has 0 aliphatic carbocycles. The molecule has 1 heterocycles. The van der Waals surface area contributed by atoms with Gasteiger partial charge >= 0.3 is 0 Å². The average Bonchev–Trinajstić information content (AvgIpc) is 2.80. The van der Waals surface area contributed by atoms with Crippen LogP contribution in [0.3, 0.4) is 0 Å². The molecule has 176 valence electrons. The number of hydrogen-bond donors (Lipinski definition) is 4. The van der Waals surface area contributed by atoms with E-state index in [0.29, 0.717) is 12.0 Å². The Kier molecular flexibility index (Phi) is 8.68. The van der Waals surface area contributed by atoms with E-state index in [0.717, 1.165) is 41.7 Å². The molecule has 6 nitrogen and oxygen atoms in total. The van der Waals surface area contributed by atoms with Crippen molar-refractivity contribution in [3.8, 4) is 5.75 Å². The molecule has 2 aromatic carbocycles. The molecule has 1 aliphatic heterocycles. The van der Waals surface area contributed by atoms with Crippen LogP contribution in [0.25, 0.3) is 0 Å². The molecule has 1 aliphatic rings. The van der Waals surface area contributed by atoms with E-state index in [-0.39, 0.29) is 6.10 Å². The Morgan fingerprint density at radius 1 is 0.969 bits per heavy atom. The van der Waals surface area contributed by atoms with Gasteiger partial charge in [0.2, 0.25) is 0 Å². The molecule has 6 atom stereocenters. The lowest BCUT2D eigenvalue weighted by molar-refractivity contribution is -0.231. The minimum absolute atomic E-state index is 0.239. The van der Waals surface area contributed by atoms with Gasteiger partial charge in [0.25, 0.3) is 0 Å². The highest BCUT2D eigenvalue weighted by Crippen LogP contribution is 2.33. The number of ether oxygens (including phenoxy) is 2. The summed E-state index contributed by atoms with van der Waals surface area (Å²) in [6.07, 6.45) is -1.71.